The second-order valence-electron chi connectivity index (χ2n) is 5.04. The molecule has 0 aliphatic heterocycles. The maximum absolute atomic E-state index is 10.3. The van der Waals surface area contributed by atoms with Gasteiger partial charge in [-0.05, 0) is 23.5 Å². The van der Waals surface area contributed by atoms with Crippen molar-refractivity contribution in [2.45, 2.75) is 39.0 Å². The first-order valence-electron chi connectivity index (χ1n) is 5.41. The Morgan fingerprint density at radius 2 is 2.00 bits per heavy atom. The van der Waals surface area contributed by atoms with Crippen molar-refractivity contribution in [3.8, 4) is 5.75 Å². The highest BCUT2D eigenvalue weighted by molar-refractivity contribution is 5.60. The van der Waals surface area contributed by atoms with Crippen molar-refractivity contribution in [1.29, 1.82) is 0 Å². The van der Waals surface area contributed by atoms with E-state index in [0.717, 1.165) is 17.4 Å². The third kappa shape index (κ3) is 2.75. The maximum Gasteiger partial charge on any atom is 0.142 e. The molecule has 0 bridgehead atoms. The molecule has 0 heterocycles. The average Bonchev–Trinajstić information content (AvgIpc) is 2.17. The Morgan fingerprint density at radius 3 is 2.50 bits per heavy atom. The van der Waals surface area contributed by atoms with Crippen molar-refractivity contribution < 1.29 is 9.90 Å². The number of nitrogens with two attached hydrogens (primary N) is 1. The summed E-state index contributed by atoms with van der Waals surface area (Å²) >= 11 is 0. The summed E-state index contributed by atoms with van der Waals surface area (Å²) < 4.78 is 0. The van der Waals surface area contributed by atoms with Crippen molar-refractivity contribution in [3.05, 3.63) is 23.3 Å². The summed E-state index contributed by atoms with van der Waals surface area (Å²) in [5.41, 5.74) is 7.80. The summed E-state index contributed by atoms with van der Waals surface area (Å²) in [5, 5.41) is 9.89. The summed E-state index contributed by atoms with van der Waals surface area (Å²) in [6.45, 7) is 6.06. The first-order valence-corrected chi connectivity index (χ1v) is 5.41. The fourth-order valence-electron chi connectivity index (χ4n) is 1.66. The summed E-state index contributed by atoms with van der Waals surface area (Å²) in [6.07, 6.45) is 2.03. The van der Waals surface area contributed by atoms with Crippen molar-refractivity contribution in [3.63, 3.8) is 0 Å². The van der Waals surface area contributed by atoms with Gasteiger partial charge < -0.3 is 15.6 Å². The van der Waals surface area contributed by atoms with Crippen LogP contribution in [0.4, 0.5) is 5.69 Å². The van der Waals surface area contributed by atoms with Crippen LogP contribution in [-0.2, 0) is 16.6 Å². The van der Waals surface area contributed by atoms with E-state index in [9.17, 15) is 9.90 Å². The van der Waals surface area contributed by atoms with E-state index in [4.69, 9.17) is 5.73 Å². The third-order valence-electron chi connectivity index (χ3n) is 2.56. The van der Waals surface area contributed by atoms with Crippen molar-refractivity contribution >= 4 is 12.0 Å². The van der Waals surface area contributed by atoms with Crippen LogP contribution in [0.1, 0.15) is 38.3 Å². The number of aromatic hydroxyl groups is 1. The monoisotopic (exact) mass is 221 g/mol. The van der Waals surface area contributed by atoms with Gasteiger partial charge in [-0.2, -0.15) is 0 Å². The normalized spacial score (nSPS) is 11.4. The second-order valence-corrected chi connectivity index (χ2v) is 5.04. The molecule has 88 valence electrons. The van der Waals surface area contributed by atoms with Gasteiger partial charge in [-0.15, -0.1) is 0 Å². The highest BCUT2D eigenvalue weighted by Crippen LogP contribution is 2.35. The van der Waals surface area contributed by atoms with Crippen molar-refractivity contribution in [2.24, 2.45) is 0 Å². The van der Waals surface area contributed by atoms with Crippen LogP contribution in [-0.4, -0.2) is 11.4 Å². The Kier molecular flexibility index (Phi) is 3.58. The lowest BCUT2D eigenvalue weighted by Crippen LogP contribution is -2.13. The van der Waals surface area contributed by atoms with Crippen LogP contribution in [0.15, 0.2) is 12.1 Å². The third-order valence-corrected chi connectivity index (χ3v) is 2.56. The van der Waals surface area contributed by atoms with Gasteiger partial charge in [0.15, 0.2) is 0 Å². The number of phenolic OH excluding ortho intramolecular Hbond substituents is 1. The lowest BCUT2D eigenvalue weighted by molar-refractivity contribution is -0.107. The number of hydrogen-bond acceptors (Lipinski definition) is 3. The number of carbonyl (C=O) groups is 1. The molecule has 0 spiro atoms. The lowest BCUT2D eigenvalue weighted by atomic mass is 9.84. The molecule has 0 saturated carbocycles. The first-order chi connectivity index (χ1) is 7.36. The van der Waals surface area contributed by atoms with E-state index in [2.05, 4.69) is 0 Å². The number of carbonyl (C=O) groups excluding carboxylic acids is 1. The summed E-state index contributed by atoms with van der Waals surface area (Å²) in [6, 6.07) is 3.66. The zero-order chi connectivity index (χ0) is 12.3. The molecule has 0 aromatic heterocycles. The number of aryl methyl sites for hydroxylation is 1. The van der Waals surface area contributed by atoms with Gasteiger partial charge in [0.05, 0.1) is 5.69 Å². The topological polar surface area (TPSA) is 63.3 Å². The van der Waals surface area contributed by atoms with Crippen LogP contribution >= 0.6 is 0 Å². The molecule has 1 aromatic rings. The molecule has 0 aliphatic carbocycles. The Balaban J connectivity index is 3.17. The molecule has 3 N–H and O–H groups in total. The minimum Gasteiger partial charge on any atom is -0.505 e. The molecule has 16 heavy (non-hydrogen) atoms. The Hall–Kier alpha value is -1.51. The van der Waals surface area contributed by atoms with E-state index >= 15 is 0 Å². The van der Waals surface area contributed by atoms with Crippen LogP contribution in [0, 0.1) is 0 Å². The Morgan fingerprint density at radius 1 is 1.38 bits per heavy atom. The van der Waals surface area contributed by atoms with Crippen molar-refractivity contribution in [2.75, 3.05) is 5.73 Å². The van der Waals surface area contributed by atoms with E-state index < -0.39 is 0 Å². The second kappa shape index (κ2) is 4.56. The van der Waals surface area contributed by atoms with E-state index in [0.29, 0.717) is 18.5 Å². The molecule has 1 rings (SSSR count). The zero-order valence-corrected chi connectivity index (χ0v) is 10.1. The van der Waals surface area contributed by atoms with Gasteiger partial charge in [0.25, 0.3) is 0 Å². The summed E-state index contributed by atoms with van der Waals surface area (Å²) in [5.74, 6) is 0.155. The molecule has 0 radical (unpaired) electrons. The van der Waals surface area contributed by atoms with Gasteiger partial charge in [-0.25, -0.2) is 0 Å². The molecule has 0 unspecified atom stereocenters. The van der Waals surface area contributed by atoms with Gasteiger partial charge in [-0.3, -0.25) is 0 Å². The fourth-order valence-corrected chi connectivity index (χ4v) is 1.66. The number of benzene rings is 1. The molecular formula is C13H19NO2. The van der Waals surface area contributed by atoms with E-state index in [-0.39, 0.29) is 11.2 Å². The standard InChI is InChI=1S/C13H19NO2/c1-13(2,3)10-7-9(5-4-6-15)8-11(14)12(10)16/h6-8,16H,4-5,14H2,1-3H3. The zero-order valence-electron chi connectivity index (χ0n) is 10.1. The lowest BCUT2D eigenvalue weighted by Gasteiger charge is -2.22. The number of rotatable bonds is 3. The smallest absolute Gasteiger partial charge is 0.142 e. The predicted octanol–water partition coefficient (Wildman–Crippen LogP) is 2.40. The SMILES string of the molecule is CC(C)(C)c1cc(CCC=O)cc(N)c1O. The summed E-state index contributed by atoms with van der Waals surface area (Å²) in [4.78, 5) is 10.3. The van der Waals surface area contributed by atoms with Gasteiger partial charge in [0, 0.05) is 12.0 Å². The molecular weight excluding hydrogens is 202 g/mol. The van der Waals surface area contributed by atoms with Gasteiger partial charge in [0.1, 0.15) is 12.0 Å². The minimum atomic E-state index is -0.157. The van der Waals surface area contributed by atoms with Gasteiger partial charge in [-0.1, -0.05) is 26.8 Å². The molecule has 0 saturated heterocycles. The molecule has 3 heteroatoms. The first kappa shape index (κ1) is 12.6. The number of hydrogen-bond donors (Lipinski definition) is 2. The van der Waals surface area contributed by atoms with Crippen LogP contribution in [0.3, 0.4) is 0 Å². The molecule has 0 fully saturated rings. The van der Waals surface area contributed by atoms with Crippen LogP contribution < -0.4 is 5.73 Å². The quantitative estimate of drug-likeness (QED) is 0.468. The van der Waals surface area contributed by atoms with Gasteiger partial charge >= 0.3 is 0 Å². The Labute approximate surface area is 96.3 Å². The van der Waals surface area contributed by atoms with Gasteiger partial charge in [0.2, 0.25) is 0 Å². The van der Waals surface area contributed by atoms with Crippen LogP contribution in [0.25, 0.3) is 0 Å². The summed E-state index contributed by atoms with van der Waals surface area (Å²) in [7, 11) is 0. The van der Waals surface area contributed by atoms with Crippen LogP contribution in [0.2, 0.25) is 0 Å². The molecule has 0 amide bonds. The highest BCUT2D eigenvalue weighted by atomic mass is 16.3. The van der Waals surface area contributed by atoms with Crippen LogP contribution in [0.5, 0.6) is 5.75 Å². The minimum absolute atomic E-state index is 0.155. The van der Waals surface area contributed by atoms with E-state index in [1.165, 1.54) is 0 Å². The van der Waals surface area contributed by atoms with E-state index in [1.807, 2.05) is 26.8 Å². The molecule has 0 aliphatic rings. The largest absolute Gasteiger partial charge is 0.505 e. The molecule has 1 aromatic carbocycles. The molecule has 0 atom stereocenters. The predicted molar refractivity (Wildman–Crippen MR) is 65.6 cm³/mol. The fraction of sp³-hybridized carbons (Fsp3) is 0.462. The van der Waals surface area contributed by atoms with E-state index in [1.54, 1.807) is 6.07 Å². The molecule has 3 nitrogen and oxygen atoms in total. The van der Waals surface area contributed by atoms with Crippen molar-refractivity contribution in [1.82, 2.24) is 0 Å². The number of anilines is 1. The number of nitrogen functional groups attached to an aromatic ring is 1. The average molecular weight is 221 g/mol. The highest BCUT2D eigenvalue weighted by Gasteiger charge is 2.20. The Bertz CT molecular complexity index is 392. The number of phenols is 1. The number of aldehydes is 1. The maximum atomic E-state index is 10.3.